The molecule has 0 bridgehead atoms. The van der Waals surface area contributed by atoms with E-state index in [1.807, 2.05) is 12.2 Å². The maximum absolute atomic E-state index is 12.5. The van der Waals surface area contributed by atoms with E-state index in [2.05, 4.69) is 5.32 Å². The third-order valence-electron chi connectivity index (χ3n) is 2.74. The first-order chi connectivity index (χ1) is 6.94. The van der Waals surface area contributed by atoms with Crippen molar-refractivity contribution < 1.29 is 13.6 Å². The van der Waals surface area contributed by atoms with Crippen molar-refractivity contribution >= 4 is 5.91 Å². The van der Waals surface area contributed by atoms with E-state index in [9.17, 15) is 13.6 Å². The number of alkyl halides is 2. The molecule has 86 valence electrons. The van der Waals surface area contributed by atoms with E-state index in [1.165, 1.54) is 13.8 Å². The monoisotopic (exact) mass is 217 g/mol. The van der Waals surface area contributed by atoms with Gasteiger partial charge in [-0.15, -0.1) is 0 Å². The summed E-state index contributed by atoms with van der Waals surface area (Å²) in [6, 6.07) is 0.0144. The Balaban J connectivity index is 2.51. The van der Waals surface area contributed by atoms with E-state index < -0.39 is 17.7 Å². The smallest absolute Gasteiger partial charge is 0.252 e. The summed E-state index contributed by atoms with van der Waals surface area (Å²) in [5.74, 6) is -0.558. The van der Waals surface area contributed by atoms with Gasteiger partial charge >= 0.3 is 0 Å². The van der Waals surface area contributed by atoms with Gasteiger partial charge in [0, 0.05) is 6.04 Å². The second kappa shape index (κ2) is 4.73. The van der Waals surface area contributed by atoms with Crippen molar-refractivity contribution in [2.45, 2.75) is 45.6 Å². The number of rotatable bonds is 3. The molecule has 0 saturated heterocycles. The Bertz CT molecular complexity index is 261. The summed E-state index contributed by atoms with van der Waals surface area (Å²) in [5, 5.41) is 2.67. The van der Waals surface area contributed by atoms with Crippen molar-refractivity contribution in [1.82, 2.24) is 5.32 Å². The van der Waals surface area contributed by atoms with Crippen LogP contribution in [0.5, 0.6) is 0 Å². The molecule has 1 atom stereocenters. The van der Waals surface area contributed by atoms with Gasteiger partial charge < -0.3 is 5.32 Å². The second-order valence-corrected chi connectivity index (χ2v) is 4.48. The molecule has 0 spiro atoms. The number of allylic oxidation sites excluding steroid dienone is 1. The number of hydrogen-bond acceptors (Lipinski definition) is 1. The highest BCUT2D eigenvalue weighted by Crippen LogP contribution is 2.25. The van der Waals surface area contributed by atoms with Crippen LogP contribution in [0.2, 0.25) is 0 Å². The molecule has 0 aromatic heterocycles. The Kier molecular flexibility index (Phi) is 3.83. The fourth-order valence-corrected chi connectivity index (χ4v) is 1.40. The zero-order valence-electron chi connectivity index (χ0n) is 9.09. The van der Waals surface area contributed by atoms with E-state index in [0.29, 0.717) is 0 Å². The Hall–Kier alpha value is -0.930. The molecule has 1 rings (SSSR count). The van der Waals surface area contributed by atoms with E-state index in [4.69, 9.17) is 0 Å². The highest BCUT2D eigenvalue weighted by atomic mass is 19.3. The van der Waals surface area contributed by atoms with Crippen LogP contribution in [0.4, 0.5) is 8.78 Å². The molecule has 1 amide bonds. The summed E-state index contributed by atoms with van der Waals surface area (Å²) in [6.07, 6.45) is 3.87. The molecule has 0 fully saturated rings. The molecule has 0 heterocycles. The lowest BCUT2D eigenvalue weighted by molar-refractivity contribution is -0.138. The average molecular weight is 217 g/mol. The molecular formula is C11H17F2NO. The van der Waals surface area contributed by atoms with Gasteiger partial charge in [-0.25, -0.2) is 8.78 Å². The minimum atomic E-state index is -2.63. The predicted octanol–water partition coefficient (Wildman–Crippen LogP) is 2.50. The van der Waals surface area contributed by atoms with Crippen LogP contribution in [0.25, 0.3) is 0 Å². The van der Waals surface area contributed by atoms with Crippen LogP contribution in [0.15, 0.2) is 12.2 Å². The minimum Gasteiger partial charge on any atom is -0.352 e. The van der Waals surface area contributed by atoms with Crippen LogP contribution in [0.1, 0.15) is 33.1 Å². The molecule has 0 radical (unpaired) electrons. The Morgan fingerprint density at radius 2 is 2.13 bits per heavy atom. The molecule has 0 unspecified atom stereocenters. The fraction of sp³-hybridized carbons (Fsp3) is 0.727. The number of hydrogen-bond donors (Lipinski definition) is 1. The molecule has 1 N–H and O–H groups in total. The molecule has 0 saturated carbocycles. The first kappa shape index (κ1) is 12.1. The summed E-state index contributed by atoms with van der Waals surface area (Å²) in [6.45, 7) is 2.54. The van der Waals surface area contributed by atoms with Crippen LogP contribution < -0.4 is 5.32 Å². The highest BCUT2D eigenvalue weighted by molar-refractivity contribution is 5.82. The van der Waals surface area contributed by atoms with E-state index in [1.54, 1.807) is 0 Å². The van der Waals surface area contributed by atoms with Gasteiger partial charge in [-0.3, -0.25) is 4.79 Å². The highest BCUT2D eigenvalue weighted by Gasteiger charge is 2.38. The van der Waals surface area contributed by atoms with Crippen molar-refractivity contribution in [2.24, 2.45) is 5.41 Å². The lowest BCUT2D eigenvalue weighted by Crippen LogP contribution is -2.46. The van der Waals surface area contributed by atoms with Crippen LogP contribution in [-0.2, 0) is 4.79 Å². The largest absolute Gasteiger partial charge is 0.352 e. The lowest BCUT2D eigenvalue weighted by Gasteiger charge is -2.27. The fourth-order valence-electron chi connectivity index (χ4n) is 1.40. The van der Waals surface area contributed by atoms with Crippen LogP contribution in [0, 0.1) is 5.41 Å². The quantitative estimate of drug-likeness (QED) is 0.723. The van der Waals surface area contributed by atoms with E-state index >= 15 is 0 Å². The summed E-state index contributed by atoms with van der Waals surface area (Å²) in [7, 11) is 0. The number of nitrogens with one attached hydrogen (secondary N) is 1. The summed E-state index contributed by atoms with van der Waals surface area (Å²) in [4.78, 5) is 11.6. The first-order valence-corrected chi connectivity index (χ1v) is 5.18. The third kappa shape index (κ3) is 3.01. The molecule has 0 aromatic rings. The zero-order valence-corrected chi connectivity index (χ0v) is 9.09. The van der Waals surface area contributed by atoms with Crippen molar-refractivity contribution in [3.8, 4) is 0 Å². The van der Waals surface area contributed by atoms with Crippen molar-refractivity contribution in [3.63, 3.8) is 0 Å². The molecule has 0 aromatic carbocycles. The van der Waals surface area contributed by atoms with Crippen molar-refractivity contribution in [1.29, 1.82) is 0 Å². The summed E-state index contributed by atoms with van der Waals surface area (Å²) < 4.78 is 25.1. The number of halogens is 2. The van der Waals surface area contributed by atoms with Crippen molar-refractivity contribution in [2.75, 3.05) is 0 Å². The topological polar surface area (TPSA) is 29.1 Å². The van der Waals surface area contributed by atoms with E-state index in [-0.39, 0.29) is 6.04 Å². The molecule has 4 heteroatoms. The molecular weight excluding hydrogens is 200 g/mol. The molecule has 2 nitrogen and oxygen atoms in total. The van der Waals surface area contributed by atoms with Gasteiger partial charge in [-0.05, 0) is 33.1 Å². The number of carbonyl (C=O) groups is 1. The summed E-state index contributed by atoms with van der Waals surface area (Å²) >= 11 is 0. The number of amides is 1. The van der Waals surface area contributed by atoms with E-state index in [0.717, 1.165) is 19.3 Å². The average Bonchev–Trinajstić information content (AvgIpc) is 2.18. The van der Waals surface area contributed by atoms with Gasteiger partial charge in [0.15, 0.2) is 0 Å². The standard InChI is InChI=1S/C11H17F2NO/c1-11(2,9(12)13)10(15)14-8-6-4-3-5-7-8/h3-4,8-9H,5-7H2,1-2H3,(H,14,15)/t8-/m0/s1. The lowest BCUT2D eigenvalue weighted by atomic mass is 9.91. The van der Waals surface area contributed by atoms with Gasteiger partial charge in [-0.2, -0.15) is 0 Å². The normalized spacial score (nSPS) is 21.8. The van der Waals surface area contributed by atoms with Crippen LogP contribution >= 0.6 is 0 Å². The van der Waals surface area contributed by atoms with Gasteiger partial charge in [0.05, 0.1) is 0 Å². The number of carbonyl (C=O) groups excluding carboxylic acids is 1. The Morgan fingerprint density at radius 1 is 1.47 bits per heavy atom. The van der Waals surface area contributed by atoms with Crippen LogP contribution in [-0.4, -0.2) is 18.4 Å². The van der Waals surface area contributed by atoms with Gasteiger partial charge in [-0.1, -0.05) is 12.2 Å². The second-order valence-electron chi connectivity index (χ2n) is 4.48. The summed E-state index contributed by atoms with van der Waals surface area (Å²) in [5.41, 5.74) is -1.60. The SMILES string of the molecule is CC(C)(C(=O)N[C@H]1CC=CCC1)C(F)F. The molecule has 1 aliphatic rings. The van der Waals surface area contributed by atoms with Gasteiger partial charge in [0.2, 0.25) is 5.91 Å². The molecule has 15 heavy (non-hydrogen) atoms. The van der Waals surface area contributed by atoms with Crippen LogP contribution in [0.3, 0.4) is 0 Å². The predicted molar refractivity (Wildman–Crippen MR) is 54.7 cm³/mol. The minimum absolute atomic E-state index is 0.0144. The van der Waals surface area contributed by atoms with Gasteiger partial charge in [0.25, 0.3) is 6.43 Å². The third-order valence-corrected chi connectivity index (χ3v) is 2.74. The maximum atomic E-state index is 12.5. The molecule has 1 aliphatic carbocycles. The zero-order chi connectivity index (χ0) is 11.5. The molecule has 0 aliphatic heterocycles. The Labute approximate surface area is 88.7 Å². The van der Waals surface area contributed by atoms with Crippen molar-refractivity contribution in [3.05, 3.63) is 12.2 Å². The maximum Gasteiger partial charge on any atom is 0.252 e. The Morgan fingerprint density at radius 3 is 2.60 bits per heavy atom. The first-order valence-electron chi connectivity index (χ1n) is 5.18. The van der Waals surface area contributed by atoms with Gasteiger partial charge in [0.1, 0.15) is 5.41 Å².